The van der Waals surface area contributed by atoms with E-state index in [-0.39, 0.29) is 6.61 Å². The van der Waals surface area contributed by atoms with Gasteiger partial charge in [-0.2, -0.15) is 0 Å². The van der Waals surface area contributed by atoms with Gasteiger partial charge in [0.25, 0.3) is 0 Å². The zero-order valence-electron chi connectivity index (χ0n) is 14.0. The predicted octanol–water partition coefficient (Wildman–Crippen LogP) is 2.26. The Morgan fingerprint density at radius 2 is 2.31 bits per heavy atom. The minimum atomic E-state index is -1.08. The fourth-order valence-corrected chi connectivity index (χ4v) is 0.593. The largest absolute Gasteiger partial charge is 0.463 e. The van der Waals surface area contributed by atoms with Crippen molar-refractivity contribution in [1.29, 1.82) is 0 Å². The standard InChI is InChI=1S/C11H12O2/c1-2-13-11(12)9-8-10-6-4-3-5-7-10/h3-9H,2H2,1H3/i3D,4D,5D,6D,7D,8D,9D. The molecular formula is C11H12O2. The van der Waals surface area contributed by atoms with E-state index < -0.39 is 53.8 Å². The van der Waals surface area contributed by atoms with Crippen LogP contribution in [0.25, 0.3) is 6.05 Å². The van der Waals surface area contributed by atoms with E-state index in [9.17, 15) is 4.79 Å². The summed E-state index contributed by atoms with van der Waals surface area (Å²) < 4.78 is 57.4. The van der Waals surface area contributed by atoms with E-state index in [0.717, 1.165) is 0 Å². The zero-order chi connectivity index (χ0) is 15.6. The normalized spacial score (nSPS) is 19.3. The SMILES string of the molecule is [2H]C(C(=O)OCC)=C([2H])c1c([2H])c([2H])c([2H])c([2H])c1[2H]. The Balaban J connectivity index is 3.55. The molecule has 0 atom stereocenters. The lowest BCUT2D eigenvalue weighted by Gasteiger charge is -1.94. The molecule has 0 spiro atoms. The molecule has 0 amide bonds. The second-order valence-corrected chi connectivity index (χ2v) is 1.97. The lowest BCUT2D eigenvalue weighted by Crippen LogP contribution is -1.98. The summed E-state index contributed by atoms with van der Waals surface area (Å²) in [4.78, 5) is 11.4. The van der Waals surface area contributed by atoms with Gasteiger partial charge in [-0.15, -0.1) is 0 Å². The molecule has 1 rings (SSSR count). The van der Waals surface area contributed by atoms with Gasteiger partial charge < -0.3 is 4.74 Å². The highest BCUT2D eigenvalue weighted by Crippen LogP contribution is 2.00. The maximum Gasteiger partial charge on any atom is 0.330 e. The van der Waals surface area contributed by atoms with Crippen molar-refractivity contribution in [3.8, 4) is 0 Å². The molecule has 2 nitrogen and oxygen atoms in total. The molecule has 68 valence electrons. The first-order valence-corrected chi connectivity index (χ1v) is 3.65. The van der Waals surface area contributed by atoms with Crippen LogP contribution in [0.15, 0.2) is 36.3 Å². The molecule has 0 aromatic heterocycles. The van der Waals surface area contributed by atoms with E-state index in [1.165, 1.54) is 6.92 Å². The summed E-state index contributed by atoms with van der Waals surface area (Å²) in [6.45, 7) is 1.54. The van der Waals surface area contributed by atoms with Gasteiger partial charge in [-0.05, 0) is 18.5 Å². The maximum absolute atomic E-state index is 11.4. The molecule has 1 aromatic rings. The van der Waals surface area contributed by atoms with Crippen LogP contribution in [0.3, 0.4) is 0 Å². The molecule has 0 heterocycles. The number of carbonyl (C=O) groups excluding carboxylic acids is 1. The van der Waals surface area contributed by atoms with E-state index >= 15 is 0 Å². The Hall–Kier alpha value is -1.57. The number of carbonyl (C=O) groups is 1. The molecule has 0 bridgehead atoms. The second-order valence-electron chi connectivity index (χ2n) is 1.97. The van der Waals surface area contributed by atoms with Crippen molar-refractivity contribution < 1.29 is 19.1 Å². The maximum atomic E-state index is 11.4. The lowest BCUT2D eigenvalue weighted by atomic mass is 10.2. The van der Waals surface area contributed by atoms with E-state index in [1.807, 2.05) is 0 Å². The number of esters is 1. The first-order valence-electron chi connectivity index (χ1n) is 7.15. The van der Waals surface area contributed by atoms with Gasteiger partial charge in [-0.1, -0.05) is 30.2 Å². The van der Waals surface area contributed by atoms with Crippen molar-refractivity contribution in [3.63, 3.8) is 0 Å². The van der Waals surface area contributed by atoms with Crippen molar-refractivity contribution in [2.45, 2.75) is 6.92 Å². The third-order valence-electron chi connectivity index (χ3n) is 1.06. The van der Waals surface area contributed by atoms with Gasteiger partial charge in [-0.25, -0.2) is 4.79 Å². The minimum Gasteiger partial charge on any atom is -0.463 e. The predicted molar refractivity (Wildman–Crippen MR) is 52.1 cm³/mol. The monoisotopic (exact) mass is 183 g/mol. The molecule has 0 fully saturated rings. The van der Waals surface area contributed by atoms with Gasteiger partial charge >= 0.3 is 5.97 Å². The number of ether oxygens (including phenoxy) is 1. The van der Waals surface area contributed by atoms with E-state index in [1.54, 1.807) is 0 Å². The molecule has 0 aliphatic carbocycles. The van der Waals surface area contributed by atoms with Crippen LogP contribution in [0.1, 0.15) is 22.1 Å². The average Bonchev–Trinajstić information content (AvgIpc) is 2.42. The fourth-order valence-electron chi connectivity index (χ4n) is 0.593. The van der Waals surface area contributed by atoms with Crippen LogP contribution in [-0.4, -0.2) is 12.6 Å². The minimum absolute atomic E-state index is 0.00893. The summed E-state index contributed by atoms with van der Waals surface area (Å²) in [6.07, 6.45) is 0. The summed E-state index contributed by atoms with van der Waals surface area (Å²) in [6, 6.07) is -4.72. The van der Waals surface area contributed by atoms with E-state index in [2.05, 4.69) is 4.74 Å². The number of hydrogen-bond donors (Lipinski definition) is 0. The fraction of sp³-hybridized carbons (Fsp3) is 0.182. The molecule has 0 radical (unpaired) electrons. The van der Waals surface area contributed by atoms with Gasteiger partial charge in [0.05, 0.1) is 16.2 Å². The Kier molecular flexibility index (Phi) is 1.45. The van der Waals surface area contributed by atoms with Gasteiger partial charge in [0.1, 0.15) is 0 Å². The van der Waals surface area contributed by atoms with Gasteiger partial charge in [0, 0.05) is 6.05 Å². The summed E-state index contributed by atoms with van der Waals surface area (Å²) >= 11 is 0. The van der Waals surface area contributed by atoms with Crippen LogP contribution in [-0.2, 0) is 9.53 Å². The highest BCUT2D eigenvalue weighted by molar-refractivity contribution is 5.86. The summed E-state index contributed by atoms with van der Waals surface area (Å²) in [5.74, 6) is -1.08. The zero-order valence-corrected chi connectivity index (χ0v) is 7.02. The number of hydrogen-bond acceptors (Lipinski definition) is 2. The van der Waals surface area contributed by atoms with Crippen molar-refractivity contribution in [1.82, 2.24) is 0 Å². The van der Waals surface area contributed by atoms with Crippen LogP contribution in [0, 0.1) is 0 Å². The van der Waals surface area contributed by atoms with Gasteiger partial charge in [0.2, 0.25) is 0 Å². The molecule has 0 saturated carbocycles. The van der Waals surface area contributed by atoms with Crippen molar-refractivity contribution in [2.24, 2.45) is 0 Å². The summed E-state index contributed by atoms with van der Waals surface area (Å²) in [5, 5.41) is 0. The number of rotatable bonds is 3. The lowest BCUT2D eigenvalue weighted by molar-refractivity contribution is -0.137. The third-order valence-corrected chi connectivity index (χ3v) is 1.06. The average molecular weight is 183 g/mol. The first kappa shape index (κ1) is 3.66. The van der Waals surface area contributed by atoms with Crippen molar-refractivity contribution >= 4 is 12.0 Å². The molecule has 0 aliphatic heterocycles. The Bertz CT molecular complexity index is 566. The van der Waals surface area contributed by atoms with Gasteiger partial charge in [0.15, 0.2) is 0 Å². The smallest absolute Gasteiger partial charge is 0.330 e. The van der Waals surface area contributed by atoms with E-state index in [0.29, 0.717) is 0 Å². The molecule has 1 aromatic carbocycles. The van der Waals surface area contributed by atoms with Gasteiger partial charge in [-0.3, -0.25) is 0 Å². The highest BCUT2D eigenvalue weighted by atomic mass is 16.5. The van der Waals surface area contributed by atoms with Crippen molar-refractivity contribution in [3.05, 3.63) is 41.8 Å². The Morgan fingerprint density at radius 1 is 1.62 bits per heavy atom. The quantitative estimate of drug-likeness (QED) is 0.530. The summed E-state index contributed by atoms with van der Waals surface area (Å²) in [7, 11) is 0. The highest BCUT2D eigenvalue weighted by Gasteiger charge is 1.92. The van der Waals surface area contributed by atoms with Crippen LogP contribution in [0.5, 0.6) is 0 Å². The molecule has 0 saturated heterocycles. The summed E-state index contributed by atoms with van der Waals surface area (Å²) in [5.41, 5.74) is -0.492. The Labute approximate surface area is 87.7 Å². The molecule has 2 heteroatoms. The molecule has 0 N–H and O–H groups in total. The van der Waals surface area contributed by atoms with Crippen molar-refractivity contribution in [2.75, 3.05) is 6.61 Å². The Morgan fingerprint density at radius 3 is 2.92 bits per heavy atom. The third kappa shape index (κ3) is 3.56. The second kappa shape index (κ2) is 5.14. The van der Waals surface area contributed by atoms with Crippen LogP contribution >= 0.6 is 0 Å². The molecule has 0 unspecified atom stereocenters. The van der Waals surface area contributed by atoms with Crippen LogP contribution < -0.4 is 0 Å². The topological polar surface area (TPSA) is 26.3 Å². The number of benzene rings is 1. The first-order chi connectivity index (χ1) is 9.23. The van der Waals surface area contributed by atoms with Crippen LogP contribution in [0.4, 0.5) is 0 Å². The molecule has 0 aliphatic rings. The van der Waals surface area contributed by atoms with Crippen LogP contribution in [0.2, 0.25) is 0 Å². The molecular weight excluding hydrogens is 164 g/mol. The molecule has 13 heavy (non-hydrogen) atoms. The van der Waals surface area contributed by atoms with E-state index in [4.69, 9.17) is 9.60 Å².